The van der Waals surface area contributed by atoms with Gasteiger partial charge in [-0.05, 0) is 25.2 Å². The van der Waals surface area contributed by atoms with E-state index in [0.717, 1.165) is 18.5 Å². The molecule has 0 saturated heterocycles. The molecule has 0 spiro atoms. The van der Waals surface area contributed by atoms with Gasteiger partial charge in [0.2, 0.25) is 0 Å². The Morgan fingerprint density at radius 1 is 1.38 bits per heavy atom. The first-order valence-electron chi connectivity index (χ1n) is 4.48. The maximum atomic E-state index is 4.26. The molecular formula is C10H13N3. The van der Waals surface area contributed by atoms with E-state index in [0.29, 0.717) is 0 Å². The number of fused-ring (bicyclic) bond motifs is 1. The summed E-state index contributed by atoms with van der Waals surface area (Å²) in [6.07, 6.45) is 2.84. The smallest absolute Gasteiger partial charge is 0.0664 e. The van der Waals surface area contributed by atoms with Crippen LogP contribution in [0.2, 0.25) is 0 Å². The molecule has 2 rings (SSSR count). The lowest BCUT2D eigenvalue weighted by molar-refractivity contribution is 0.747. The zero-order valence-electron chi connectivity index (χ0n) is 7.70. The Balaban J connectivity index is 2.37. The number of nitrogens with one attached hydrogen (secondary N) is 1. The Hall–Kier alpha value is -1.35. The zero-order valence-corrected chi connectivity index (χ0v) is 7.70. The molecule has 0 aliphatic rings. The zero-order chi connectivity index (χ0) is 9.10. The van der Waals surface area contributed by atoms with Crippen molar-refractivity contribution in [1.29, 1.82) is 0 Å². The quantitative estimate of drug-likeness (QED) is 0.756. The molecule has 1 N–H and O–H groups in total. The second-order valence-corrected chi connectivity index (χ2v) is 3.04. The Morgan fingerprint density at radius 3 is 3.15 bits per heavy atom. The number of rotatable bonds is 3. The lowest BCUT2D eigenvalue weighted by Crippen LogP contribution is -2.12. The molecule has 0 aliphatic heterocycles. The molecule has 0 fully saturated rings. The average Bonchev–Trinajstić information content (AvgIpc) is 2.62. The second-order valence-electron chi connectivity index (χ2n) is 3.04. The summed E-state index contributed by atoms with van der Waals surface area (Å²) < 4.78 is 1.98. The number of nitrogens with zero attached hydrogens (tertiary/aromatic N) is 2. The first-order valence-corrected chi connectivity index (χ1v) is 4.48. The van der Waals surface area contributed by atoms with Crippen LogP contribution in [0.4, 0.5) is 0 Å². The Bertz CT molecular complexity index is 392. The summed E-state index contributed by atoms with van der Waals surface area (Å²) in [4.78, 5) is 0. The van der Waals surface area contributed by atoms with E-state index in [2.05, 4.69) is 28.6 Å². The van der Waals surface area contributed by atoms with Crippen LogP contribution in [0.5, 0.6) is 0 Å². The summed E-state index contributed by atoms with van der Waals surface area (Å²) in [6, 6.07) is 8.26. The standard InChI is InChI=1S/C10H13N3/c1-11-7-5-9-3-2-4-10-6-8-12-13(9)10/h2-4,6,8,11H,5,7H2,1H3. The van der Waals surface area contributed by atoms with Crippen LogP contribution in [0.3, 0.4) is 0 Å². The van der Waals surface area contributed by atoms with Crippen molar-refractivity contribution in [3.63, 3.8) is 0 Å². The van der Waals surface area contributed by atoms with Crippen LogP contribution in [0.15, 0.2) is 30.5 Å². The highest BCUT2D eigenvalue weighted by atomic mass is 15.2. The minimum Gasteiger partial charge on any atom is -0.319 e. The van der Waals surface area contributed by atoms with Crippen molar-refractivity contribution in [2.75, 3.05) is 13.6 Å². The second kappa shape index (κ2) is 3.58. The number of aromatic nitrogens is 2. The van der Waals surface area contributed by atoms with E-state index in [1.54, 1.807) is 0 Å². The predicted octanol–water partition coefficient (Wildman–Crippen LogP) is 1.10. The SMILES string of the molecule is CNCCc1cccc2ccnn12. The summed E-state index contributed by atoms with van der Waals surface area (Å²) in [5.41, 5.74) is 2.41. The predicted molar refractivity (Wildman–Crippen MR) is 52.8 cm³/mol. The van der Waals surface area contributed by atoms with Crippen molar-refractivity contribution in [2.24, 2.45) is 0 Å². The summed E-state index contributed by atoms with van der Waals surface area (Å²) in [5, 5.41) is 7.39. The first-order chi connectivity index (χ1) is 6.42. The molecular weight excluding hydrogens is 162 g/mol. The van der Waals surface area contributed by atoms with Gasteiger partial charge in [0.15, 0.2) is 0 Å². The fourth-order valence-corrected chi connectivity index (χ4v) is 1.45. The topological polar surface area (TPSA) is 29.3 Å². The minimum atomic E-state index is 0.985. The van der Waals surface area contributed by atoms with Crippen LogP contribution in [0.25, 0.3) is 5.52 Å². The Labute approximate surface area is 77.4 Å². The van der Waals surface area contributed by atoms with Crippen LogP contribution >= 0.6 is 0 Å². The maximum Gasteiger partial charge on any atom is 0.0664 e. The highest BCUT2D eigenvalue weighted by Gasteiger charge is 1.98. The molecule has 0 bridgehead atoms. The van der Waals surface area contributed by atoms with Gasteiger partial charge in [-0.2, -0.15) is 5.10 Å². The molecule has 0 unspecified atom stereocenters. The van der Waals surface area contributed by atoms with E-state index in [1.807, 2.05) is 23.8 Å². The highest BCUT2D eigenvalue weighted by Crippen LogP contribution is 2.06. The van der Waals surface area contributed by atoms with E-state index in [-0.39, 0.29) is 0 Å². The molecule has 2 heterocycles. The van der Waals surface area contributed by atoms with Crippen LogP contribution in [0, 0.1) is 0 Å². The van der Waals surface area contributed by atoms with Crippen molar-refractivity contribution in [3.8, 4) is 0 Å². The third-order valence-corrected chi connectivity index (χ3v) is 2.13. The summed E-state index contributed by atoms with van der Waals surface area (Å²) in [6.45, 7) is 0.985. The molecule has 0 saturated carbocycles. The van der Waals surface area contributed by atoms with Gasteiger partial charge < -0.3 is 5.32 Å². The Kier molecular flexibility index (Phi) is 2.27. The average molecular weight is 175 g/mol. The third kappa shape index (κ3) is 1.55. The molecule has 3 heteroatoms. The van der Waals surface area contributed by atoms with Gasteiger partial charge in [0.05, 0.1) is 5.52 Å². The number of likely N-dealkylation sites (N-methyl/N-ethyl adjacent to an activating group) is 1. The van der Waals surface area contributed by atoms with E-state index in [1.165, 1.54) is 5.69 Å². The van der Waals surface area contributed by atoms with E-state index in [9.17, 15) is 0 Å². The molecule has 13 heavy (non-hydrogen) atoms. The minimum absolute atomic E-state index is 0.985. The molecule has 3 nitrogen and oxygen atoms in total. The number of hydrogen-bond acceptors (Lipinski definition) is 2. The molecule has 2 aromatic rings. The lowest BCUT2D eigenvalue weighted by Gasteiger charge is -2.03. The molecule has 68 valence electrons. The van der Waals surface area contributed by atoms with Crippen LogP contribution < -0.4 is 5.32 Å². The number of hydrogen-bond donors (Lipinski definition) is 1. The van der Waals surface area contributed by atoms with Crippen LogP contribution in [-0.2, 0) is 6.42 Å². The van der Waals surface area contributed by atoms with Gasteiger partial charge in [-0.1, -0.05) is 6.07 Å². The van der Waals surface area contributed by atoms with Crippen molar-refractivity contribution < 1.29 is 0 Å². The normalized spacial score (nSPS) is 10.8. The highest BCUT2D eigenvalue weighted by molar-refractivity contribution is 5.46. The van der Waals surface area contributed by atoms with Gasteiger partial charge >= 0.3 is 0 Å². The molecule has 0 aliphatic carbocycles. The van der Waals surface area contributed by atoms with E-state index < -0.39 is 0 Å². The molecule has 0 amide bonds. The maximum absolute atomic E-state index is 4.26. The largest absolute Gasteiger partial charge is 0.319 e. The molecule has 2 aromatic heterocycles. The fourth-order valence-electron chi connectivity index (χ4n) is 1.45. The van der Waals surface area contributed by atoms with Crippen molar-refractivity contribution in [3.05, 3.63) is 36.2 Å². The van der Waals surface area contributed by atoms with Gasteiger partial charge in [0, 0.05) is 24.9 Å². The third-order valence-electron chi connectivity index (χ3n) is 2.13. The Morgan fingerprint density at radius 2 is 2.31 bits per heavy atom. The van der Waals surface area contributed by atoms with Crippen LogP contribution in [-0.4, -0.2) is 23.2 Å². The van der Waals surface area contributed by atoms with Crippen molar-refractivity contribution in [2.45, 2.75) is 6.42 Å². The molecule has 0 radical (unpaired) electrons. The monoisotopic (exact) mass is 175 g/mol. The van der Waals surface area contributed by atoms with E-state index in [4.69, 9.17) is 0 Å². The van der Waals surface area contributed by atoms with Crippen LogP contribution in [0.1, 0.15) is 5.69 Å². The van der Waals surface area contributed by atoms with Gasteiger partial charge in [-0.15, -0.1) is 0 Å². The summed E-state index contributed by atoms with van der Waals surface area (Å²) in [5.74, 6) is 0. The number of pyridine rings is 1. The van der Waals surface area contributed by atoms with Gasteiger partial charge in [-0.3, -0.25) is 0 Å². The fraction of sp³-hybridized carbons (Fsp3) is 0.300. The molecule has 0 aromatic carbocycles. The van der Waals surface area contributed by atoms with Crippen molar-refractivity contribution >= 4 is 5.52 Å². The summed E-state index contributed by atoms with van der Waals surface area (Å²) >= 11 is 0. The van der Waals surface area contributed by atoms with E-state index >= 15 is 0 Å². The van der Waals surface area contributed by atoms with Crippen molar-refractivity contribution in [1.82, 2.24) is 14.9 Å². The van der Waals surface area contributed by atoms with Gasteiger partial charge in [-0.25, -0.2) is 4.52 Å². The first kappa shape index (κ1) is 8.26. The molecule has 0 atom stereocenters. The lowest BCUT2D eigenvalue weighted by atomic mass is 10.2. The summed E-state index contributed by atoms with van der Waals surface area (Å²) in [7, 11) is 1.96. The van der Waals surface area contributed by atoms with Gasteiger partial charge in [0.25, 0.3) is 0 Å². The van der Waals surface area contributed by atoms with Gasteiger partial charge in [0.1, 0.15) is 0 Å².